The summed E-state index contributed by atoms with van der Waals surface area (Å²) in [5.74, 6) is -0.331. The average molecular weight is 257 g/mol. The van der Waals surface area contributed by atoms with Crippen LogP contribution < -0.4 is 0 Å². The number of hydrogen-bond donors (Lipinski definition) is 1. The number of carbonyl (C=O) groups excluding carboxylic acids is 2. The molecule has 0 aliphatic carbocycles. The van der Waals surface area contributed by atoms with Crippen LogP contribution in [-0.2, 0) is 14.3 Å². The second kappa shape index (κ2) is 8.08. The standard InChI is InChI=1S/C13H23NO4/c1-11(16)14-8-6-7-12(14)13(17)18-10-5-3-2-4-9-15/h12,15H,2-10H2,1H3. The lowest BCUT2D eigenvalue weighted by Crippen LogP contribution is -2.40. The van der Waals surface area contributed by atoms with E-state index in [-0.39, 0.29) is 24.5 Å². The lowest BCUT2D eigenvalue weighted by atomic mass is 10.2. The van der Waals surface area contributed by atoms with Gasteiger partial charge in [-0.05, 0) is 32.1 Å². The van der Waals surface area contributed by atoms with Gasteiger partial charge in [0.15, 0.2) is 0 Å². The molecule has 104 valence electrons. The molecule has 1 saturated heterocycles. The van der Waals surface area contributed by atoms with Gasteiger partial charge in [0.2, 0.25) is 5.91 Å². The van der Waals surface area contributed by atoms with Crippen molar-refractivity contribution in [1.82, 2.24) is 4.90 Å². The molecule has 0 aromatic rings. The van der Waals surface area contributed by atoms with E-state index in [0.717, 1.165) is 32.1 Å². The summed E-state index contributed by atoms with van der Waals surface area (Å²) in [4.78, 5) is 24.7. The van der Waals surface area contributed by atoms with E-state index in [2.05, 4.69) is 0 Å². The smallest absolute Gasteiger partial charge is 0.328 e. The van der Waals surface area contributed by atoms with Crippen LogP contribution in [0, 0.1) is 0 Å². The van der Waals surface area contributed by atoms with Crippen molar-refractivity contribution < 1.29 is 19.4 Å². The molecular formula is C13H23NO4. The average Bonchev–Trinajstić information content (AvgIpc) is 2.82. The highest BCUT2D eigenvalue weighted by Gasteiger charge is 2.33. The quantitative estimate of drug-likeness (QED) is 0.547. The third-order valence-corrected chi connectivity index (χ3v) is 3.23. The molecule has 0 bridgehead atoms. The Balaban J connectivity index is 2.18. The molecule has 0 spiro atoms. The van der Waals surface area contributed by atoms with Crippen molar-refractivity contribution in [3.8, 4) is 0 Å². The Morgan fingerprint density at radius 1 is 1.28 bits per heavy atom. The van der Waals surface area contributed by atoms with Crippen LogP contribution in [0.2, 0.25) is 0 Å². The van der Waals surface area contributed by atoms with Gasteiger partial charge in [-0.3, -0.25) is 4.79 Å². The van der Waals surface area contributed by atoms with Crippen LogP contribution in [0.25, 0.3) is 0 Å². The van der Waals surface area contributed by atoms with Gasteiger partial charge in [-0.2, -0.15) is 0 Å². The molecule has 1 aliphatic rings. The van der Waals surface area contributed by atoms with Crippen LogP contribution in [0.1, 0.15) is 45.4 Å². The van der Waals surface area contributed by atoms with Gasteiger partial charge in [0.1, 0.15) is 6.04 Å². The van der Waals surface area contributed by atoms with E-state index in [4.69, 9.17) is 9.84 Å². The van der Waals surface area contributed by atoms with Crippen LogP contribution in [0.4, 0.5) is 0 Å². The summed E-state index contributed by atoms with van der Waals surface area (Å²) >= 11 is 0. The third kappa shape index (κ3) is 4.64. The second-order valence-electron chi connectivity index (χ2n) is 4.68. The predicted octanol–water partition coefficient (Wildman–Crippen LogP) is 1.09. The highest BCUT2D eigenvalue weighted by Crippen LogP contribution is 2.18. The van der Waals surface area contributed by atoms with E-state index >= 15 is 0 Å². The summed E-state index contributed by atoms with van der Waals surface area (Å²) in [5, 5.41) is 8.61. The summed E-state index contributed by atoms with van der Waals surface area (Å²) in [6.07, 6.45) is 5.11. The van der Waals surface area contributed by atoms with Gasteiger partial charge in [-0.15, -0.1) is 0 Å². The summed E-state index contributed by atoms with van der Waals surface area (Å²) in [6.45, 7) is 2.77. The third-order valence-electron chi connectivity index (χ3n) is 3.23. The van der Waals surface area contributed by atoms with Gasteiger partial charge in [0.25, 0.3) is 0 Å². The molecule has 0 aromatic carbocycles. The first kappa shape index (κ1) is 15.0. The minimum atomic E-state index is -0.375. The number of esters is 1. The molecule has 0 aromatic heterocycles. The number of amides is 1. The first-order chi connectivity index (χ1) is 8.66. The number of unbranched alkanes of at least 4 members (excludes halogenated alkanes) is 3. The van der Waals surface area contributed by atoms with Gasteiger partial charge < -0.3 is 14.7 Å². The number of nitrogens with zero attached hydrogens (tertiary/aromatic N) is 1. The Hall–Kier alpha value is -1.10. The van der Waals surface area contributed by atoms with E-state index in [1.165, 1.54) is 6.92 Å². The predicted molar refractivity (Wildman–Crippen MR) is 66.9 cm³/mol. The fourth-order valence-corrected chi connectivity index (χ4v) is 2.23. The van der Waals surface area contributed by atoms with Gasteiger partial charge in [-0.25, -0.2) is 4.79 Å². The zero-order valence-electron chi connectivity index (χ0n) is 11.1. The van der Waals surface area contributed by atoms with Gasteiger partial charge in [-0.1, -0.05) is 6.42 Å². The van der Waals surface area contributed by atoms with Crippen LogP contribution in [-0.4, -0.2) is 47.7 Å². The van der Waals surface area contributed by atoms with Gasteiger partial charge in [0.05, 0.1) is 6.61 Å². The first-order valence-electron chi connectivity index (χ1n) is 6.71. The minimum absolute atomic E-state index is 0.0580. The Kier molecular flexibility index (Phi) is 6.72. The molecule has 1 aliphatic heterocycles. The maximum atomic E-state index is 11.8. The van der Waals surface area contributed by atoms with Crippen molar-refractivity contribution in [3.05, 3.63) is 0 Å². The largest absolute Gasteiger partial charge is 0.464 e. The second-order valence-corrected chi connectivity index (χ2v) is 4.68. The summed E-state index contributed by atoms with van der Waals surface area (Å²) in [6, 6.07) is -0.375. The van der Waals surface area contributed by atoms with Crippen molar-refractivity contribution in [2.45, 2.75) is 51.5 Å². The lowest BCUT2D eigenvalue weighted by molar-refractivity contribution is -0.153. The molecule has 1 amide bonds. The monoisotopic (exact) mass is 257 g/mol. The number of aliphatic hydroxyl groups excluding tert-OH is 1. The number of aliphatic hydroxyl groups is 1. The SMILES string of the molecule is CC(=O)N1CCCC1C(=O)OCCCCCCO. The van der Waals surface area contributed by atoms with Crippen LogP contribution >= 0.6 is 0 Å². The maximum absolute atomic E-state index is 11.8. The zero-order valence-corrected chi connectivity index (χ0v) is 11.1. The van der Waals surface area contributed by atoms with Crippen LogP contribution in [0.5, 0.6) is 0 Å². The summed E-state index contributed by atoms with van der Waals surface area (Å²) < 4.78 is 5.19. The molecule has 1 unspecified atom stereocenters. The molecule has 1 heterocycles. The Morgan fingerprint density at radius 3 is 2.67 bits per heavy atom. The van der Waals surface area contributed by atoms with E-state index in [0.29, 0.717) is 19.6 Å². The van der Waals surface area contributed by atoms with Crippen molar-refractivity contribution in [2.24, 2.45) is 0 Å². The normalized spacial score (nSPS) is 19.0. The molecule has 0 radical (unpaired) electrons. The highest BCUT2D eigenvalue weighted by molar-refractivity contribution is 5.83. The zero-order chi connectivity index (χ0) is 13.4. The molecule has 1 atom stereocenters. The fraction of sp³-hybridized carbons (Fsp3) is 0.846. The Bertz CT molecular complexity index is 280. The molecule has 1 rings (SSSR count). The van der Waals surface area contributed by atoms with Crippen molar-refractivity contribution in [3.63, 3.8) is 0 Å². The Morgan fingerprint density at radius 2 is 2.00 bits per heavy atom. The molecule has 5 heteroatoms. The van der Waals surface area contributed by atoms with E-state index in [1.54, 1.807) is 4.90 Å². The Labute approximate surface area is 108 Å². The molecule has 18 heavy (non-hydrogen) atoms. The molecule has 1 fully saturated rings. The van der Waals surface area contributed by atoms with Crippen LogP contribution in [0.3, 0.4) is 0 Å². The number of carbonyl (C=O) groups is 2. The number of rotatable bonds is 7. The summed E-state index contributed by atoms with van der Waals surface area (Å²) in [5.41, 5.74) is 0. The van der Waals surface area contributed by atoms with E-state index in [1.807, 2.05) is 0 Å². The molecule has 5 nitrogen and oxygen atoms in total. The molecule has 1 N–H and O–H groups in total. The summed E-state index contributed by atoms with van der Waals surface area (Å²) in [7, 11) is 0. The molecular weight excluding hydrogens is 234 g/mol. The van der Waals surface area contributed by atoms with Crippen molar-refractivity contribution in [1.29, 1.82) is 0 Å². The number of hydrogen-bond acceptors (Lipinski definition) is 4. The van der Waals surface area contributed by atoms with E-state index in [9.17, 15) is 9.59 Å². The van der Waals surface area contributed by atoms with Gasteiger partial charge in [0, 0.05) is 20.1 Å². The maximum Gasteiger partial charge on any atom is 0.328 e. The molecule has 0 saturated carbocycles. The number of likely N-dealkylation sites (tertiary alicyclic amines) is 1. The highest BCUT2D eigenvalue weighted by atomic mass is 16.5. The minimum Gasteiger partial charge on any atom is -0.464 e. The lowest BCUT2D eigenvalue weighted by Gasteiger charge is -2.21. The topological polar surface area (TPSA) is 66.8 Å². The first-order valence-corrected chi connectivity index (χ1v) is 6.71. The van der Waals surface area contributed by atoms with Crippen molar-refractivity contribution in [2.75, 3.05) is 19.8 Å². The number of ether oxygens (including phenoxy) is 1. The van der Waals surface area contributed by atoms with Crippen molar-refractivity contribution >= 4 is 11.9 Å². The van der Waals surface area contributed by atoms with Gasteiger partial charge >= 0.3 is 5.97 Å². The fourth-order valence-electron chi connectivity index (χ4n) is 2.23. The van der Waals surface area contributed by atoms with Crippen LogP contribution in [0.15, 0.2) is 0 Å². The van der Waals surface area contributed by atoms with E-state index < -0.39 is 0 Å².